The summed E-state index contributed by atoms with van der Waals surface area (Å²) < 4.78 is 36.9. The highest BCUT2D eigenvalue weighted by Gasteiger charge is 2.25. The maximum atomic E-state index is 12.8. The summed E-state index contributed by atoms with van der Waals surface area (Å²) in [6.07, 6.45) is 0.944. The third-order valence-corrected chi connectivity index (χ3v) is 6.49. The molecule has 0 aliphatic heterocycles. The van der Waals surface area contributed by atoms with Gasteiger partial charge in [-0.05, 0) is 36.6 Å². The van der Waals surface area contributed by atoms with Crippen molar-refractivity contribution in [3.8, 4) is 11.5 Å². The van der Waals surface area contributed by atoms with Crippen LogP contribution in [0.4, 0.5) is 0 Å². The Labute approximate surface area is 172 Å². The van der Waals surface area contributed by atoms with Crippen molar-refractivity contribution in [2.45, 2.75) is 31.2 Å². The van der Waals surface area contributed by atoms with Crippen molar-refractivity contribution >= 4 is 15.9 Å². The van der Waals surface area contributed by atoms with E-state index in [-0.39, 0.29) is 23.4 Å². The molecule has 0 aliphatic rings. The van der Waals surface area contributed by atoms with E-state index < -0.39 is 10.0 Å². The first-order valence-electron chi connectivity index (χ1n) is 9.29. The molecule has 2 rings (SSSR count). The molecule has 0 aromatic heterocycles. The minimum atomic E-state index is -3.86. The van der Waals surface area contributed by atoms with Crippen LogP contribution in [0.15, 0.2) is 47.4 Å². The molecular formula is C21H28N2O5S. The van der Waals surface area contributed by atoms with Crippen LogP contribution in [-0.2, 0) is 21.2 Å². The number of carbonyl (C=O) groups is 1. The Balaban J connectivity index is 2.07. The second-order valence-corrected chi connectivity index (χ2v) is 8.71. The molecule has 0 unspecified atom stereocenters. The van der Waals surface area contributed by atoms with Gasteiger partial charge in [-0.3, -0.25) is 4.79 Å². The molecule has 7 nitrogen and oxygen atoms in total. The van der Waals surface area contributed by atoms with Crippen molar-refractivity contribution in [3.63, 3.8) is 0 Å². The Kier molecular flexibility index (Phi) is 7.64. The van der Waals surface area contributed by atoms with Gasteiger partial charge in [-0.1, -0.05) is 31.2 Å². The van der Waals surface area contributed by atoms with Crippen molar-refractivity contribution in [3.05, 3.63) is 53.6 Å². The first-order chi connectivity index (χ1) is 13.7. The number of hydrogen-bond acceptors (Lipinski definition) is 5. The monoisotopic (exact) mass is 420 g/mol. The highest BCUT2D eigenvalue weighted by atomic mass is 32.2. The normalized spacial score (nSPS) is 12.5. The van der Waals surface area contributed by atoms with E-state index in [1.165, 1.54) is 45.0 Å². The van der Waals surface area contributed by atoms with Gasteiger partial charge >= 0.3 is 0 Å². The summed E-state index contributed by atoms with van der Waals surface area (Å²) in [7, 11) is 0.405. The van der Waals surface area contributed by atoms with E-state index in [4.69, 9.17) is 9.47 Å². The van der Waals surface area contributed by atoms with Gasteiger partial charge in [0.2, 0.25) is 15.9 Å². The molecule has 0 heterocycles. The fraction of sp³-hybridized carbons (Fsp3) is 0.381. The number of rotatable bonds is 9. The Morgan fingerprint density at radius 1 is 1.07 bits per heavy atom. The van der Waals surface area contributed by atoms with Crippen LogP contribution in [0.25, 0.3) is 0 Å². The van der Waals surface area contributed by atoms with Crippen molar-refractivity contribution in [1.82, 2.24) is 9.62 Å². The Morgan fingerprint density at radius 2 is 1.69 bits per heavy atom. The number of hydrogen-bond donors (Lipinski definition) is 1. The van der Waals surface area contributed by atoms with Gasteiger partial charge in [0, 0.05) is 13.1 Å². The first-order valence-corrected chi connectivity index (χ1v) is 10.7. The molecule has 2 aromatic rings. The summed E-state index contributed by atoms with van der Waals surface area (Å²) in [5.41, 5.74) is 2.17. The van der Waals surface area contributed by atoms with E-state index >= 15 is 0 Å². The predicted octanol–water partition coefficient (Wildman–Crippen LogP) is 2.76. The number of likely N-dealkylation sites (N-methyl/N-ethyl adjacent to an activating group) is 1. The number of amides is 1. The van der Waals surface area contributed by atoms with E-state index in [1.807, 2.05) is 31.2 Å². The lowest BCUT2D eigenvalue weighted by Crippen LogP contribution is -2.39. The molecule has 1 atom stereocenters. The summed E-state index contributed by atoms with van der Waals surface area (Å²) in [6, 6.07) is 12.1. The fourth-order valence-electron chi connectivity index (χ4n) is 2.86. The second kappa shape index (κ2) is 9.76. The van der Waals surface area contributed by atoms with Gasteiger partial charge in [-0.15, -0.1) is 0 Å². The van der Waals surface area contributed by atoms with Gasteiger partial charge in [0.25, 0.3) is 0 Å². The number of aryl methyl sites for hydroxylation is 1. The molecular weight excluding hydrogens is 392 g/mol. The molecule has 0 saturated carbocycles. The Hall–Kier alpha value is -2.58. The third-order valence-electron chi connectivity index (χ3n) is 4.69. The van der Waals surface area contributed by atoms with Crippen LogP contribution in [0.2, 0.25) is 0 Å². The van der Waals surface area contributed by atoms with E-state index in [0.717, 1.165) is 16.3 Å². The van der Waals surface area contributed by atoms with Gasteiger partial charge in [-0.25, -0.2) is 8.42 Å². The SMILES string of the molecule is CCc1ccc([C@@H](C)NC(=O)CN(C)S(=O)(=O)c2ccc(OC)c(OC)c2)cc1. The molecule has 0 spiro atoms. The van der Waals surface area contributed by atoms with E-state index in [2.05, 4.69) is 12.2 Å². The quantitative estimate of drug-likeness (QED) is 0.674. The standard InChI is InChI=1S/C21H28N2O5S/c1-6-16-7-9-17(10-8-16)15(2)22-21(24)14-23(3)29(25,26)18-11-12-19(27-4)20(13-18)28-5/h7-13,15H,6,14H2,1-5H3,(H,22,24)/t15-/m1/s1. The van der Waals surface area contributed by atoms with Crippen LogP contribution in [0, 0.1) is 0 Å². The number of carbonyl (C=O) groups excluding carboxylic acids is 1. The number of sulfonamides is 1. The van der Waals surface area contributed by atoms with Crippen LogP contribution in [0.3, 0.4) is 0 Å². The summed E-state index contributed by atoms with van der Waals surface area (Å²) in [4.78, 5) is 12.4. The second-order valence-electron chi connectivity index (χ2n) is 6.66. The maximum Gasteiger partial charge on any atom is 0.243 e. The van der Waals surface area contributed by atoms with Gasteiger partial charge in [0.05, 0.1) is 31.7 Å². The molecule has 8 heteroatoms. The molecule has 1 amide bonds. The topological polar surface area (TPSA) is 84.9 Å². The lowest BCUT2D eigenvalue weighted by atomic mass is 10.1. The Bertz CT molecular complexity index is 942. The van der Waals surface area contributed by atoms with Crippen LogP contribution in [0.1, 0.15) is 31.0 Å². The van der Waals surface area contributed by atoms with Crippen LogP contribution in [-0.4, -0.2) is 46.4 Å². The van der Waals surface area contributed by atoms with Gasteiger partial charge in [-0.2, -0.15) is 4.31 Å². The van der Waals surface area contributed by atoms with Crippen LogP contribution < -0.4 is 14.8 Å². The van der Waals surface area contributed by atoms with Crippen molar-refractivity contribution in [1.29, 1.82) is 0 Å². The summed E-state index contributed by atoms with van der Waals surface area (Å²) in [5.74, 6) is 0.342. The zero-order valence-corrected chi connectivity index (χ0v) is 18.2. The average molecular weight is 421 g/mol. The third kappa shape index (κ3) is 5.48. The van der Waals surface area contributed by atoms with Gasteiger partial charge in [0.15, 0.2) is 11.5 Å². The van der Waals surface area contributed by atoms with Gasteiger partial charge in [0.1, 0.15) is 0 Å². The molecule has 0 fully saturated rings. The van der Waals surface area contributed by atoms with Crippen molar-refractivity contribution in [2.75, 3.05) is 27.8 Å². The minimum absolute atomic E-state index is 0.0219. The molecule has 158 valence electrons. The molecule has 0 aliphatic carbocycles. The number of ether oxygens (including phenoxy) is 2. The molecule has 29 heavy (non-hydrogen) atoms. The van der Waals surface area contributed by atoms with Crippen molar-refractivity contribution in [2.24, 2.45) is 0 Å². The van der Waals surface area contributed by atoms with E-state index in [9.17, 15) is 13.2 Å². The summed E-state index contributed by atoms with van der Waals surface area (Å²) >= 11 is 0. The molecule has 0 radical (unpaired) electrons. The van der Waals surface area contributed by atoms with Crippen molar-refractivity contribution < 1.29 is 22.7 Å². The minimum Gasteiger partial charge on any atom is -0.493 e. The molecule has 0 saturated heterocycles. The maximum absolute atomic E-state index is 12.8. The highest BCUT2D eigenvalue weighted by Crippen LogP contribution is 2.30. The summed E-state index contributed by atoms with van der Waals surface area (Å²) in [5, 5.41) is 2.84. The van der Waals surface area contributed by atoms with E-state index in [1.54, 1.807) is 0 Å². The number of nitrogens with zero attached hydrogens (tertiary/aromatic N) is 1. The lowest BCUT2D eigenvalue weighted by molar-refractivity contribution is -0.121. The molecule has 1 N–H and O–H groups in total. The lowest BCUT2D eigenvalue weighted by Gasteiger charge is -2.20. The zero-order valence-electron chi connectivity index (χ0n) is 17.4. The smallest absolute Gasteiger partial charge is 0.243 e. The van der Waals surface area contributed by atoms with E-state index in [0.29, 0.717) is 11.5 Å². The fourth-order valence-corrected chi connectivity index (χ4v) is 4.00. The average Bonchev–Trinajstić information content (AvgIpc) is 2.72. The number of nitrogens with one attached hydrogen (secondary N) is 1. The predicted molar refractivity (Wildman–Crippen MR) is 112 cm³/mol. The first kappa shape index (κ1) is 22.7. The number of benzene rings is 2. The zero-order chi connectivity index (χ0) is 21.6. The van der Waals surface area contributed by atoms with Crippen LogP contribution in [0.5, 0.6) is 11.5 Å². The van der Waals surface area contributed by atoms with Crippen LogP contribution >= 0.6 is 0 Å². The Morgan fingerprint density at radius 3 is 2.24 bits per heavy atom. The molecule has 2 aromatic carbocycles. The van der Waals surface area contributed by atoms with Gasteiger partial charge < -0.3 is 14.8 Å². The highest BCUT2D eigenvalue weighted by molar-refractivity contribution is 7.89. The number of methoxy groups -OCH3 is 2. The molecule has 0 bridgehead atoms. The largest absolute Gasteiger partial charge is 0.493 e. The summed E-state index contributed by atoms with van der Waals surface area (Å²) in [6.45, 7) is 3.64.